The molecule has 144 valence electrons. The largest absolute Gasteiger partial charge is 0.301 e. The summed E-state index contributed by atoms with van der Waals surface area (Å²) in [5.74, 6) is 0. The van der Waals surface area contributed by atoms with Gasteiger partial charge in [-0.2, -0.15) is 0 Å². The molecule has 2 heterocycles. The molecule has 3 rings (SSSR count). The van der Waals surface area contributed by atoms with Crippen LogP contribution in [0.1, 0.15) is 90.9 Å². The summed E-state index contributed by atoms with van der Waals surface area (Å²) in [7, 11) is 0. The van der Waals surface area contributed by atoms with E-state index in [2.05, 4.69) is 24.1 Å². The van der Waals surface area contributed by atoms with Gasteiger partial charge in [-0.1, -0.05) is 33.1 Å². The Kier molecular flexibility index (Phi) is 9.39. The smallest absolute Gasteiger partial charge is 0.0655 e. The maximum absolute atomic E-state index is 3.90. The van der Waals surface area contributed by atoms with Crippen LogP contribution in [0, 0.1) is 10.8 Å². The Morgan fingerprint density at radius 1 is 0.833 bits per heavy atom. The Hall–Kier alpha value is 0.500. The molecule has 24 heavy (non-hydrogen) atoms. The van der Waals surface area contributed by atoms with Crippen LogP contribution in [0.5, 0.6) is 0 Å². The average Bonchev–Trinajstić information content (AvgIpc) is 2.96. The summed E-state index contributed by atoms with van der Waals surface area (Å²) >= 11 is 0. The Bertz CT molecular complexity index is 340. The van der Waals surface area contributed by atoms with Crippen molar-refractivity contribution in [1.29, 1.82) is 0 Å². The molecule has 1 spiro atoms. The molecule has 4 heteroatoms. The van der Waals surface area contributed by atoms with Crippen molar-refractivity contribution in [3.05, 3.63) is 0 Å². The van der Waals surface area contributed by atoms with Crippen LogP contribution >= 0.6 is 24.8 Å². The molecule has 2 aliphatic heterocycles. The molecule has 0 amide bonds. The van der Waals surface area contributed by atoms with Gasteiger partial charge in [0.1, 0.15) is 0 Å². The number of hydrogen-bond acceptors (Lipinski definition) is 2. The van der Waals surface area contributed by atoms with Gasteiger partial charge >= 0.3 is 0 Å². The highest BCUT2D eigenvalue weighted by Gasteiger charge is 2.50. The van der Waals surface area contributed by atoms with Gasteiger partial charge in [-0.25, -0.2) is 0 Å². The summed E-state index contributed by atoms with van der Waals surface area (Å²) in [5.41, 5.74) is 1.31. The Balaban J connectivity index is 0.00000144. The van der Waals surface area contributed by atoms with E-state index >= 15 is 0 Å². The van der Waals surface area contributed by atoms with Gasteiger partial charge in [-0.3, -0.25) is 4.90 Å². The van der Waals surface area contributed by atoms with Crippen molar-refractivity contribution < 1.29 is 0 Å². The molecule has 3 fully saturated rings. The molecule has 0 bridgehead atoms. The fraction of sp³-hybridized carbons (Fsp3) is 1.00. The van der Waals surface area contributed by atoms with E-state index in [0.717, 1.165) is 0 Å². The molecule has 0 aromatic rings. The minimum atomic E-state index is 0. The van der Waals surface area contributed by atoms with Crippen LogP contribution in [0.2, 0.25) is 0 Å². The summed E-state index contributed by atoms with van der Waals surface area (Å²) in [6, 6.07) is 0. The first-order chi connectivity index (χ1) is 10.7. The number of nitrogens with zero attached hydrogens (tertiary/aromatic N) is 1. The molecule has 2 nitrogen and oxygen atoms in total. The summed E-state index contributed by atoms with van der Waals surface area (Å²) < 4.78 is 0. The average molecular weight is 379 g/mol. The van der Waals surface area contributed by atoms with Gasteiger partial charge in [-0.15, -0.1) is 24.8 Å². The van der Waals surface area contributed by atoms with Crippen molar-refractivity contribution >= 4 is 24.8 Å². The molecular weight excluding hydrogens is 339 g/mol. The van der Waals surface area contributed by atoms with Gasteiger partial charge in [0.05, 0.1) is 6.17 Å². The first-order valence-electron chi connectivity index (χ1n) is 10.2. The van der Waals surface area contributed by atoms with Crippen molar-refractivity contribution in [2.45, 2.75) is 97.1 Å². The van der Waals surface area contributed by atoms with Gasteiger partial charge < -0.3 is 5.32 Å². The molecule has 1 saturated carbocycles. The van der Waals surface area contributed by atoms with Crippen LogP contribution in [0.3, 0.4) is 0 Å². The van der Waals surface area contributed by atoms with E-state index in [1.54, 1.807) is 0 Å². The third-order valence-electron chi connectivity index (χ3n) is 7.16. The van der Waals surface area contributed by atoms with Gasteiger partial charge in [0.2, 0.25) is 0 Å². The summed E-state index contributed by atoms with van der Waals surface area (Å²) in [6.45, 7) is 8.71. The number of piperidine rings is 1. The topological polar surface area (TPSA) is 15.3 Å². The van der Waals surface area contributed by atoms with E-state index in [1.165, 1.54) is 96.7 Å². The number of likely N-dealkylation sites (tertiary alicyclic amines) is 1. The number of nitrogens with one attached hydrogen (secondary N) is 1. The third kappa shape index (κ3) is 4.61. The SMILES string of the molecule is CCCC1(CCC)CCC2(CCNC2N2CCCCC2)CC1.Cl.Cl. The molecule has 0 aromatic heterocycles. The molecule has 1 atom stereocenters. The molecule has 3 aliphatic rings. The molecule has 1 unspecified atom stereocenters. The zero-order valence-corrected chi connectivity index (χ0v) is 17.6. The normalized spacial score (nSPS) is 29.0. The monoisotopic (exact) mass is 378 g/mol. The Morgan fingerprint density at radius 3 is 1.96 bits per heavy atom. The molecule has 0 aromatic carbocycles. The molecule has 1 aliphatic carbocycles. The maximum atomic E-state index is 3.90. The van der Waals surface area contributed by atoms with Crippen molar-refractivity contribution in [2.75, 3.05) is 19.6 Å². The standard InChI is InChI=1S/C20H38N2.2ClH/c1-3-8-19(9-4-2)10-12-20(13-11-19)14-15-21-18(20)22-16-6-5-7-17-22;;/h18,21H,3-17H2,1-2H3;2*1H. The predicted octanol–water partition coefficient (Wildman–Crippen LogP) is 5.78. The highest BCUT2D eigenvalue weighted by Crippen LogP contribution is 2.54. The van der Waals surface area contributed by atoms with Crippen molar-refractivity contribution in [1.82, 2.24) is 10.2 Å². The highest BCUT2D eigenvalue weighted by molar-refractivity contribution is 5.85. The van der Waals surface area contributed by atoms with E-state index in [1.807, 2.05) is 0 Å². The first-order valence-corrected chi connectivity index (χ1v) is 10.2. The molecular formula is C20H40Cl2N2. The second-order valence-electron chi connectivity index (χ2n) is 8.57. The van der Waals surface area contributed by atoms with Crippen LogP contribution in [-0.4, -0.2) is 30.7 Å². The van der Waals surface area contributed by atoms with E-state index in [0.29, 0.717) is 17.0 Å². The fourth-order valence-corrected chi connectivity index (χ4v) is 5.99. The fourth-order valence-electron chi connectivity index (χ4n) is 5.99. The minimum absolute atomic E-state index is 0. The van der Waals surface area contributed by atoms with Gasteiger partial charge in [0, 0.05) is 5.41 Å². The molecule has 0 radical (unpaired) electrons. The van der Waals surface area contributed by atoms with E-state index < -0.39 is 0 Å². The number of halogens is 2. The summed E-state index contributed by atoms with van der Waals surface area (Å²) in [6.07, 6.45) is 18.1. The lowest BCUT2D eigenvalue weighted by atomic mass is 9.59. The van der Waals surface area contributed by atoms with Crippen LogP contribution in [0.15, 0.2) is 0 Å². The summed E-state index contributed by atoms with van der Waals surface area (Å²) in [5, 5.41) is 3.90. The maximum Gasteiger partial charge on any atom is 0.0655 e. The van der Waals surface area contributed by atoms with Gasteiger partial charge in [0.15, 0.2) is 0 Å². The minimum Gasteiger partial charge on any atom is -0.301 e. The Labute approximate surface area is 162 Å². The zero-order chi connectivity index (χ0) is 15.5. The number of hydrogen-bond donors (Lipinski definition) is 1. The first kappa shape index (κ1) is 22.5. The van der Waals surface area contributed by atoms with Crippen LogP contribution < -0.4 is 5.32 Å². The van der Waals surface area contributed by atoms with Crippen molar-refractivity contribution in [3.8, 4) is 0 Å². The van der Waals surface area contributed by atoms with Crippen molar-refractivity contribution in [3.63, 3.8) is 0 Å². The van der Waals surface area contributed by atoms with E-state index in [-0.39, 0.29) is 24.8 Å². The lowest BCUT2D eigenvalue weighted by molar-refractivity contribution is -0.00878. The second kappa shape index (κ2) is 10.00. The van der Waals surface area contributed by atoms with Crippen LogP contribution in [-0.2, 0) is 0 Å². The van der Waals surface area contributed by atoms with Crippen molar-refractivity contribution in [2.24, 2.45) is 10.8 Å². The third-order valence-corrected chi connectivity index (χ3v) is 7.16. The van der Waals surface area contributed by atoms with E-state index in [9.17, 15) is 0 Å². The van der Waals surface area contributed by atoms with Crippen LogP contribution in [0.25, 0.3) is 0 Å². The second-order valence-corrected chi connectivity index (χ2v) is 8.57. The number of rotatable bonds is 5. The summed E-state index contributed by atoms with van der Waals surface area (Å²) in [4.78, 5) is 2.81. The van der Waals surface area contributed by atoms with Gasteiger partial charge in [0.25, 0.3) is 0 Å². The van der Waals surface area contributed by atoms with E-state index in [4.69, 9.17) is 0 Å². The van der Waals surface area contributed by atoms with Gasteiger partial charge in [-0.05, 0) is 82.8 Å². The lowest BCUT2D eigenvalue weighted by Gasteiger charge is -2.50. The lowest BCUT2D eigenvalue weighted by Crippen LogP contribution is -2.54. The predicted molar refractivity (Wildman–Crippen MR) is 109 cm³/mol. The zero-order valence-electron chi connectivity index (χ0n) is 15.9. The van der Waals surface area contributed by atoms with Crippen LogP contribution in [0.4, 0.5) is 0 Å². The molecule has 2 saturated heterocycles. The quantitative estimate of drug-likeness (QED) is 0.651. The Morgan fingerprint density at radius 2 is 1.42 bits per heavy atom. The highest BCUT2D eigenvalue weighted by atomic mass is 35.5. The molecule has 1 N–H and O–H groups in total.